The van der Waals surface area contributed by atoms with Crippen molar-refractivity contribution in [3.05, 3.63) is 0 Å². The van der Waals surface area contributed by atoms with Gasteiger partial charge in [0, 0.05) is 99.9 Å². The Morgan fingerprint density at radius 3 is 1.00 bits per heavy atom. The third-order valence-electron chi connectivity index (χ3n) is 0. The smallest absolute Gasteiger partial charge is 0 e. The van der Waals surface area contributed by atoms with Gasteiger partial charge in [-0.3, -0.25) is 0 Å². The van der Waals surface area contributed by atoms with Gasteiger partial charge in [-0.2, -0.15) is 0 Å². The van der Waals surface area contributed by atoms with Crippen LogP contribution in [0.4, 0.5) is 0 Å². The summed E-state index contributed by atoms with van der Waals surface area (Å²) in [5.74, 6) is 0. The van der Waals surface area contributed by atoms with Crippen LogP contribution < -0.4 is 0 Å². The van der Waals surface area contributed by atoms with Crippen molar-refractivity contribution in [3.8, 4) is 0 Å². The molecule has 4 radical (unpaired) electrons. The average molecular weight is 333 g/mol. The molecule has 0 bridgehead atoms. The van der Waals surface area contributed by atoms with Gasteiger partial charge in [-0.05, 0) is 0 Å². The molecular formula is BCuFeNdNi. The van der Waals surface area contributed by atoms with Crippen molar-refractivity contribution >= 4 is 8.41 Å². The van der Waals surface area contributed by atoms with Gasteiger partial charge < -0.3 is 0 Å². The third-order valence-corrected chi connectivity index (χ3v) is 0. The van der Waals surface area contributed by atoms with Crippen LogP contribution >= 0.6 is 0 Å². The zero-order valence-electron chi connectivity index (χ0n) is 2.05. The fourth-order valence-electron chi connectivity index (χ4n) is 0. The van der Waals surface area contributed by atoms with E-state index in [0.717, 1.165) is 0 Å². The topological polar surface area (TPSA) is 0 Å². The summed E-state index contributed by atoms with van der Waals surface area (Å²) in [4.78, 5) is 0. The summed E-state index contributed by atoms with van der Waals surface area (Å²) in [6.45, 7) is 0. The van der Waals surface area contributed by atoms with Gasteiger partial charge in [0.05, 0.1) is 0 Å². The van der Waals surface area contributed by atoms with Gasteiger partial charge in [-0.15, -0.1) is 0 Å². The van der Waals surface area contributed by atoms with E-state index >= 15 is 0 Å². The van der Waals surface area contributed by atoms with Gasteiger partial charge in [-0.25, -0.2) is 0 Å². The fraction of sp³-hybridized carbons (Fsp3) is 0. The molecule has 5 heavy (non-hydrogen) atoms. The van der Waals surface area contributed by atoms with E-state index in [2.05, 4.69) is 0 Å². The zero-order valence-corrected chi connectivity index (χ0v) is 8.29. The largest absolute Gasteiger partial charge is 0 e. The molecule has 0 saturated heterocycles. The van der Waals surface area contributed by atoms with Crippen LogP contribution in [-0.4, -0.2) is 8.41 Å². The van der Waals surface area contributed by atoms with Crippen LogP contribution in [0.2, 0.25) is 0 Å². The normalized spacial score (nSPS) is 0. The maximum absolute atomic E-state index is 0. The van der Waals surface area contributed by atoms with Gasteiger partial charge in [0.15, 0.2) is 0 Å². The molecule has 0 atom stereocenters. The second-order valence-electron chi connectivity index (χ2n) is 0. The Balaban J connectivity index is 0. The van der Waals surface area contributed by atoms with E-state index in [1.54, 1.807) is 0 Å². The first kappa shape index (κ1) is 44.1. The number of hydrogen-bond donors (Lipinski definition) is 0. The molecule has 5 heteroatoms. The van der Waals surface area contributed by atoms with E-state index in [1.807, 2.05) is 0 Å². The minimum absolute atomic E-state index is 0. The van der Waals surface area contributed by atoms with Gasteiger partial charge in [0.2, 0.25) is 0 Å². The summed E-state index contributed by atoms with van der Waals surface area (Å²) < 4.78 is 0. The first-order valence-corrected chi connectivity index (χ1v) is 0. The van der Waals surface area contributed by atoms with Crippen LogP contribution in [-0.2, 0) is 50.6 Å². The maximum atomic E-state index is 0. The fourth-order valence-corrected chi connectivity index (χ4v) is 0. The van der Waals surface area contributed by atoms with E-state index in [1.165, 1.54) is 0 Å². The van der Waals surface area contributed by atoms with Crippen LogP contribution in [0.15, 0.2) is 0 Å². The predicted molar refractivity (Wildman–Crippen MR) is 5.75 cm³/mol. The van der Waals surface area contributed by atoms with Crippen molar-refractivity contribution in [1.82, 2.24) is 0 Å². The molecular weight excluding hydrogens is 333 g/mol. The summed E-state index contributed by atoms with van der Waals surface area (Å²) in [5.41, 5.74) is 0. The molecule has 0 aliphatic carbocycles. The quantitative estimate of drug-likeness (QED) is 0.530. The van der Waals surface area contributed by atoms with E-state index in [9.17, 15) is 0 Å². The van der Waals surface area contributed by atoms with Crippen LogP contribution in [0.1, 0.15) is 0 Å². The van der Waals surface area contributed by atoms with E-state index < -0.39 is 0 Å². The van der Waals surface area contributed by atoms with Crippen LogP contribution in [0.5, 0.6) is 0 Å². The minimum Gasteiger partial charge on any atom is 0 e. The molecule has 0 aromatic heterocycles. The molecule has 0 amide bonds. The summed E-state index contributed by atoms with van der Waals surface area (Å²) in [7, 11) is 0. The number of hydrogen-bond acceptors (Lipinski definition) is 0. The first-order chi connectivity index (χ1) is 0. The molecule has 0 heterocycles. The van der Waals surface area contributed by atoms with Crippen molar-refractivity contribution in [2.24, 2.45) is 0 Å². The Bertz CT molecular complexity index is 11.6. The van der Waals surface area contributed by atoms with Gasteiger partial charge >= 0.3 is 0 Å². The molecule has 0 nitrogen and oxygen atoms in total. The second kappa shape index (κ2) is 28.3. The minimum atomic E-state index is 0. The van der Waals surface area contributed by atoms with Crippen molar-refractivity contribution in [1.29, 1.82) is 0 Å². The summed E-state index contributed by atoms with van der Waals surface area (Å²) in [6.07, 6.45) is 0. The maximum Gasteiger partial charge on any atom is 0 e. The monoisotopic (exact) mass is 330 g/mol. The molecule has 0 aliphatic heterocycles. The predicted octanol–water partition coefficient (Wildman–Crippen LogP) is -0.388. The Kier molecular flexibility index (Phi) is 250. The van der Waals surface area contributed by atoms with Crippen molar-refractivity contribution in [2.45, 2.75) is 0 Å². The van der Waals surface area contributed by atoms with Crippen LogP contribution in [0.25, 0.3) is 0 Å². The van der Waals surface area contributed by atoms with E-state index in [4.69, 9.17) is 0 Å². The Morgan fingerprint density at radius 1 is 1.00 bits per heavy atom. The van der Waals surface area contributed by atoms with Crippen LogP contribution in [0, 0.1) is 40.8 Å². The summed E-state index contributed by atoms with van der Waals surface area (Å²) in [5, 5.41) is 0. The molecule has 0 fully saturated rings. The van der Waals surface area contributed by atoms with Crippen molar-refractivity contribution in [2.75, 3.05) is 0 Å². The molecule has 0 saturated carbocycles. The third kappa shape index (κ3) is 19.6. The van der Waals surface area contributed by atoms with Gasteiger partial charge in [0.1, 0.15) is 0 Å². The molecule has 0 unspecified atom stereocenters. The molecule has 36 valence electrons. The Morgan fingerprint density at radius 2 is 1.00 bits per heavy atom. The van der Waals surface area contributed by atoms with Gasteiger partial charge in [-0.1, -0.05) is 0 Å². The Labute approximate surface area is 98.0 Å². The molecule has 0 spiro atoms. The average Bonchev–Trinajstić information content (AvgIpc) is 0. The van der Waals surface area contributed by atoms with E-state index in [0.29, 0.717) is 0 Å². The number of rotatable bonds is 0. The summed E-state index contributed by atoms with van der Waals surface area (Å²) >= 11 is 0. The molecule has 0 N–H and O–H groups in total. The zero-order chi connectivity index (χ0) is 0. The summed E-state index contributed by atoms with van der Waals surface area (Å²) in [6, 6.07) is 0. The Hall–Kier alpha value is 2.95. The standard InChI is InChI=1S/B.Cu.Fe.Nd.Ni. The van der Waals surface area contributed by atoms with Crippen LogP contribution in [0.3, 0.4) is 0 Å². The molecule has 0 rings (SSSR count). The van der Waals surface area contributed by atoms with Crippen molar-refractivity contribution in [3.63, 3.8) is 0 Å². The molecule has 0 aliphatic rings. The second-order valence-corrected chi connectivity index (χ2v) is 0. The molecule has 0 aromatic rings. The molecule has 0 aromatic carbocycles. The SMILES string of the molecule is [B].[Cu].[Fe].[Nd].[Ni]. The van der Waals surface area contributed by atoms with Gasteiger partial charge in [0.25, 0.3) is 0 Å². The van der Waals surface area contributed by atoms with Crippen molar-refractivity contribution < 1.29 is 91.5 Å². The first-order valence-electron chi connectivity index (χ1n) is 0. The van der Waals surface area contributed by atoms with E-state index in [-0.39, 0.29) is 99.9 Å².